The van der Waals surface area contributed by atoms with Crippen molar-refractivity contribution in [3.63, 3.8) is 0 Å². The largest absolute Gasteiger partial charge is 0.399 e. The van der Waals surface area contributed by atoms with Gasteiger partial charge in [-0.15, -0.1) is 0 Å². The SMILES string of the molecule is COC1(C)CCCN(S(=O)(=O)c2c(F)cc(N)cc2F)C1. The molecule has 1 aromatic carbocycles. The molecule has 0 aromatic heterocycles. The molecule has 1 saturated heterocycles. The maximum Gasteiger partial charge on any atom is 0.249 e. The second-order valence-corrected chi connectivity index (χ2v) is 7.28. The van der Waals surface area contributed by atoms with Crippen LogP contribution < -0.4 is 5.73 Å². The third-order valence-electron chi connectivity index (χ3n) is 3.74. The van der Waals surface area contributed by atoms with E-state index in [1.54, 1.807) is 6.92 Å². The van der Waals surface area contributed by atoms with Crippen molar-refractivity contribution in [3.8, 4) is 0 Å². The summed E-state index contributed by atoms with van der Waals surface area (Å²) in [4.78, 5) is -0.961. The van der Waals surface area contributed by atoms with Crippen LogP contribution >= 0.6 is 0 Å². The minimum absolute atomic E-state index is 0.0507. The quantitative estimate of drug-likeness (QED) is 0.861. The molecule has 2 rings (SSSR count). The zero-order valence-electron chi connectivity index (χ0n) is 11.9. The first kappa shape index (κ1) is 16.1. The van der Waals surface area contributed by atoms with E-state index in [1.165, 1.54) is 7.11 Å². The van der Waals surface area contributed by atoms with E-state index in [2.05, 4.69) is 0 Å². The van der Waals surface area contributed by atoms with Gasteiger partial charge in [-0.25, -0.2) is 17.2 Å². The fourth-order valence-corrected chi connectivity index (χ4v) is 4.17. The van der Waals surface area contributed by atoms with Crippen LogP contribution in [0.15, 0.2) is 17.0 Å². The number of hydrogen-bond acceptors (Lipinski definition) is 4. The highest BCUT2D eigenvalue weighted by Gasteiger charge is 2.39. The van der Waals surface area contributed by atoms with Gasteiger partial charge < -0.3 is 10.5 Å². The van der Waals surface area contributed by atoms with E-state index in [0.717, 1.165) is 16.4 Å². The number of anilines is 1. The van der Waals surface area contributed by atoms with Gasteiger partial charge in [0.15, 0.2) is 4.90 Å². The number of benzene rings is 1. The number of rotatable bonds is 3. The molecule has 2 N–H and O–H groups in total. The zero-order chi connectivity index (χ0) is 15.8. The Bertz CT molecular complexity index is 628. The number of piperidine rings is 1. The van der Waals surface area contributed by atoms with Crippen molar-refractivity contribution >= 4 is 15.7 Å². The third kappa shape index (κ3) is 3.02. The van der Waals surface area contributed by atoms with Gasteiger partial charge in [0.25, 0.3) is 0 Å². The maximum absolute atomic E-state index is 13.9. The van der Waals surface area contributed by atoms with E-state index in [1.807, 2.05) is 0 Å². The number of sulfonamides is 1. The van der Waals surface area contributed by atoms with E-state index >= 15 is 0 Å². The fraction of sp³-hybridized carbons (Fsp3) is 0.538. The lowest BCUT2D eigenvalue weighted by molar-refractivity contribution is -0.0320. The molecule has 1 aromatic rings. The molecule has 118 valence electrons. The molecular weight excluding hydrogens is 302 g/mol. The number of methoxy groups -OCH3 is 1. The Labute approximate surface area is 122 Å². The van der Waals surface area contributed by atoms with Crippen molar-refractivity contribution in [2.24, 2.45) is 0 Å². The number of halogens is 2. The molecular formula is C13H18F2N2O3S. The van der Waals surface area contributed by atoms with Crippen LogP contribution in [0.1, 0.15) is 19.8 Å². The van der Waals surface area contributed by atoms with Crippen LogP contribution in [0.5, 0.6) is 0 Å². The van der Waals surface area contributed by atoms with Crippen LogP contribution in [0.3, 0.4) is 0 Å². The smallest absolute Gasteiger partial charge is 0.249 e. The standard InChI is InChI=1S/C13H18F2N2O3S/c1-13(20-2)4-3-5-17(8-13)21(18,19)12-10(14)6-9(16)7-11(12)15/h6-7H,3-5,8,16H2,1-2H3. The molecule has 1 heterocycles. The normalized spacial score (nSPS) is 24.2. The summed E-state index contributed by atoms with van der Waals surface area (Å²) in [5.74, 6) is -2.37. The first-order chi connectivity index (χ1) is 9.69. The van der Waals surface area contributed by atoms with Crippen molar-refractivity contribution in [1.29, 1.82) is 0 Å². The molecule has 0 saturated carbocycles. The number of nitrogen functional groups attached to an aromatic ring is 1. The molecule has 0 aliphatic carbocycles. The van der Waals surface area contributed by atoms with Crippen LogP contribution in [0.2, 0.25) is 0 Å². The second-order valence-electron chi connectivity index (χ2n) is 5.41. The van der Waals surface area contributed by atoms with Crippen LogP contribution in [0.25, 0.3) is 0 Å². The van der Waals surface area contributed by atoms with E-state index < -0.39 is 32.2 Å². The van der Waals surface area contributed by atoms with Gasteiger partial charge >= 0.3 is 0 Å². The van der Waals surface area contributed by atoms with Gasteiger partial charge in [-0.1, -0.05) is 0 Å². The Morgan fingerprint density at radius 1 is 1.33 bits per heavy atom. The van der Waals surface area contributed by atoms with Crippen molar-refractivity contribution in [2.75, 3.05) is 25.9 Å². The first-order valence-corrected chi connectivity index (χ1v) is 7.93. The number of nitrogens with zero attached hydrogens (tertiary/aromatic N) is 1. The zero-order valence-corrected chi connectivity index (χ0v) is 12.7. The van der Waals surface area contributed by atoms with E-state index in [9.17, 15) is 17.2 Å². The van der Waals surface area contributed by atoms with Crippen LogP contribution in [-0.2, 0) is 14.8 Å². The van der Waals surface area contributed by atoms with Gasteiger partial charge in [0.2, 0.25) is 10.0 Å². The van der Waals surface area contributed by atoms with Gasteiger partial charge in [-0.3, -0.25) is 0 Å². The fourth-order valence-electron chi connectivity index (χ4n) is 2.49. The van der Waals surface area contributed by atoms with E-state index in [-0.39, 0.29) is 18.8 Å². The van der Waals surface area contributed by atoms with Crippen molar-refractivity contribution in [3.05, 3.63) is 23.8 Å². The molecule has 0 spiro atoms. The minimum Gasteiger partial charge on any atom is -0.399 e. The molecule has 21 heavy (non-hydrogen) atoms. The predicted octanol–water partition coefficient (Wildman–Crippen LogP) is 1.74. The molecule has 8 heteroatoms. The van der Waals surface area contributed by atoms with Crippen LogP contribution in [0.4, 0.5) is 14.5 Å². The Morgan fingerprint density at radius 3 is 2.43 bits per heavy atom. The third-order valence-corrected chi connectivity index (χ3v) is 5.63. The van der Waals surface area contributed by atoms with Gasteiger partial charge in [0, 0.05) is 25.9 Å². The lowest BCUT2D eigenvalue weighted by Crippen LogP contribution is -2.49. The van der Waals surface area contributed by atoms with Crippen LogP contribution in [0, 0.1) is 11.6 Å². The summed E-state index contributed by atoms with van der Waals surface area (Å²) in [7, 11) is -2.79. The molecule has 1 aliphatic heterocycles. The van der Waals surface area contributed by atoms with Gasteiger partial charge in [-0.2, -0.15) is 4.31 Å². The first-order valence-electron chi connectivity index (χ1n) is 6.49. The molecule has 1 unspecified atom stereocenters. The Kier molecular flexibility index (Phi) is 4.23. The number of hydrogen-bond donors (Lipinski definition) is 1. The molecule has 0 radical (unpaired) electrons. The topological polar surface area (TPSA) is 72.6 Å². The van der Waals surface area contributed by atoms with E-state index in [0.29, 0.717) is 12.8 Å². The summed E-state index contributed by atoms with van der Waals surface area (Å²) < 4.78 is 59.1. The lowest BCUT2D eigenvalue weighted by Gasteiger charge is -2.38. The van der Waals surface area contributed by atoms with Gasteiger partial charge in [0.05, 0.1) is 5.60 Å². The molecule has 1 aliphatic rings. The summed E-state index contributed by atoms with van der Waals surface area (Å²) in [6, 6.07) is 1.60. The molecule has 1 fully saturated rings. The Morgan fingerprint density at radius 2 is 1.90 bits per heavy atom. The molecule has 0 bridgehead atoms. The monoisotopic (exact) mass is 320 g/mol. The molecule has 0 amide bonds. The second kappa shape index (κ2) is 5.51. The number of ether oxygens (including phenoxy) is 1. The average Bonchev–Trinajstić information content (AvgIpc) is 2.37. The lowest BCUT2D eigenvalue weighted by atomic mass is 9.96. The Balaban J connectivity index is 2.43. The highest BCUT2D eigenvalue weighted by atomic mass is 32.2. The minimum atomic E-state index is -4.27. The summed E-state index contributed by atoms with van der Waals surface area (Å²) in [6.45, 7) is 2.02. The molecule has 1 atom stereocenters. The maximum atomic E-state index is 13.9. The Hall–Kier alpha value is -1.25. The highest BCUT2D eigenvalue weighted by molar-refractivity contribution is 7.89. The van der Waals surface area contributed by atoms with E-state index in [4.69, 9.17) is 10.5 Å². The van der Waals surface area contributed by atoms with Crippen molar-refractivity contribution in [1.82, 2.24) is 4.31 Å². The predicted molar refractivity (Wildman–Crippen MR) is 74.2 cm³/mol. The molecule has 5 nitrogen and oxygen atoms in total. The van der Waals surface area contributed by atoms with Gasteiger partial charge in [0.1, 0.15) is 11.6 Å². The summed E-state index contributed by atoms with van der Waals surface area (Å²) in [5, 5.41) is 0. The summed E-state index contributed by atoms with van der Waals surface area (Å²) >= 11 is 0. The van der Waals surface area contributed by atoms with Crippen molar-refractivity contribution in [2.45, 2.75) is 30.3 Å². The van der Waals surface area contributed by atoms with Crippen LogP contribution in [-0.4, -0.2) is 38.5 Å². The summed E-state index contributed by atoms with van der Waals surface area (Å²) in [6.07, 6.45) is 1.24. The van der Waals surface area contributed by atoms with Crippen molar-refractivity contribution < 1.29 is 21.9 Å². The average molecular weight is 320 g/mol. The van der Waals surface area contributed by atoms with Gasteiger partial charge in [-0.05, 0) is 31.9 Å². The summed E-state index contributed by atoms with van der Waals surface area (Å²) in [5.41, 5.74) is 4.48. The number of nitrogens with two attached hydrogens (primary N) is 1. The highest BCUT2D eigenvalue weighted by Crippen LogP contribution is 2.31.